The zero-order valence-electron chi connectivity index (χ0n) is 15.4. The molecule has 4 aromatic rings. The SMILES string of the molecule is COc1cccc(CNCC(O)Cn2c3ccccc3c3ccccc32)c1. The Kier molecular flexibility index (Phi) is 5.10. The number of aliphatic hydroxyl groups excluding tert-OH is 1. The number of aliphatic hydroxyl groups is 1. The van der Waals surface area contributed by atoms with Gasteiger partial charge in [0.05, 0.1) is 19.8 Å². The summed E-state index contributed by atoms with van der Waals surface area (Å²) in [6.45, 7) is 1.78. The number of benzene rings is 3. The monoisotopic (exact) mass is 360 g/mol. The zero-order valence-corrected chi connectivity index (χ0v) is 15.4. The Hall–Kier alpha value is -2.82. The topological polar surface area (TPSA) is 46.4 Å². The maximum Gasteiger partial charge on any atom is 0.119 e. The van der Waals surface area contributed by atoms with Crippen molar-refractivity contribution in [2.75, 3.05) is 13.7 Å². The second-order valence-corrected chi connectivity index (χ2v) is 6.78. The van der Waals surface area contributed by atoms with Gasteiger partial charge in [-0.3, -0.25) is 0 Å². The van der Waals surface area contributed by atoms with E-state index in [4.69, 9.17) is 4.74 Å². The average molecular weight is 360 g/mol. The fourth-order valence-electron chi connectivity index (χ4n) is 3.64. The first-order chi connectivity index (χ1) is 13.3. The number of aromatic nitrogens is 1. The summed E-state index contributed by atoms with van der Waals surface area (Å²) in [7, 11) is 1.67. The van der Waals surface area contributed by atoms with E-state index in [9.17, 15) is 5.11 Å². The van der Waals surface area contributed by atoms with Crippen molar-refractivity contribution in [3.05, 3.63) is 78.4 Å². The highest BCUT2D eigenvalue weighted by Gasteiger charge is 2.13. The van der Waals surface area contributed by atoms with Gasteiger partial charge in [0.1, 0.15) is 5.75 Å². The van der Waals surface area contributed by atoms with Gasteiger partial charge in [-0.05, 0) is 29.8 Å². The second-order valence-electron chi connectivity index (χ2n) is 6.78. The van der Waals surface area contributed by atoms with E-state index in [1.165, 1.54) is 10.8 Å². The van der Waals surface area contributed by atoms with Crippen LogP contribution in [0.5, 0.6) is 5.75 Å². The Morgan fingerprint density at radius 2 is 1.59 bits per heavy atom. The molecule has 0 aliphatic heterocycles. The van der Waals surface area contributed by atoms with E-state index >= 15 is 0 Å². The molecule has 4 rings (SSSR count). The van der Waals surface area contributed by atoms with E-state index in [1.807, 2.05) is 30.3 Å². The first-order valence-corrected chi connectivity index (χ1v) is 9.24. The number of methoxy groups -OCH3 is 1. The van der Waals surface area contributed by atoms with Crippen LogP contribution < -0.4 is 10.1 Å². The highest BCUT2D eigenvalue weighted by atomic mass is 16.5. The first kappa shape index (κ1) is 17.6. The van der Waals surface area contributed by atoms with Gasteiger partial charge in [0, 0.05) is 34.9 Å². The fraction of sp³-hybridized carbons (Fsp3) is 0.217. The Balaban J connectivity index is 1.47. The highest BCUT2D eigenvalue weighted by Crippen LogP contribution is 2.28. The lowest BCUT2D eigenvalue weighted by molar-refractivity contribution is 0.154. The van der Waals surface area contributed by atoms with Crippen molar-refractivity contribution in [2.45, 2.75) is 19.2 Å². The Bertz CT molecular complexity index is 1000. The molecular formula is C23H24N2O2. The third-order valence-electron chi connectivity index (χ3n) is 4.92. The molecule has 4 heteroatoms. The van der Waals surface area contributed by atoms with E-state index in [1.54, 1.807) is 7.11 Å². The van der Waals surface area contributed by atoms with Crippen LogP contribution in [0, 0.1) is 0 Å². The number of hydrogen-bond acceptors (Lipinski definition) is 3. The summed E-state index contributed by atoms with van der Waals surface area (Å²) in [6.07, 6.45) is -0.477. The number of nitrogens with one attached hydrogen (secondary N) is 1. The molecule has 138 valence electrons. The lowest BCUT2D eigenvalue weighted by atomic mass is 10.2. The maximum absolute atomic E-state index is 10.6. The number of ether oxygens (including phenoxy) is 1. The molecule has 1 aromatic heterocycles. The predicted octanol–water partition coefficient (Wildman–Crippen LogP) is 3.95. The lowest BCUT2D eigenvalue weighted by Crippen LogP contribution is -2.29. The number of hydrogen-bond donors (Lipinski definition) is 2. The molecule has 4 nitrogen and oxygen atoms in total. The standard InChI is InChI=1S/C23H24N2O2/c1-27-19-8-6-7-17(13-19)14-24-15-18(26)16-25-22-11-4-2-9-20(22)21-10-3-5-12-23(21)25/h2-13,18,24,26H,14-16H2,1H3. The van der Waals surface area contributed by atoms with Crippen LogP contribution in [-0.2, 0) is 13.1 Å². The second kappa shape index (κ2) is 7.82. The van der Waals surface area contributed by atoms with E-state index in [0.29, 0.717) is 19.6 Å². The molecule has 0 amide bonds. The van der Waals surface area contributed by atoms with Crippen molar-refractivity contribution in [2.24, 2.45) is 0 Å². The zero-order chi connectivity index (χ0) is 18.6. The molecule has 1 heterocycles. The summed E-state index contributed by atoms with van der Waals surface area (Å²) in [6, 6.07) is 24.7. The molecule has 3 aromatic carbocycles. The van der Waals surface area contributed by atoms with Gasteiger partial charge in [0.25, 0.3) is 0 Å². The quantitative estimate of drug-likeness (QED) is 0.524. The van der Waals surface area contributed by atoms with Crippen molar-refractivity contribution >= 4 is 21.8 Å². The molecule has 0 radical (unpaired) electrons. The minimum atomic E-state index is -0.477. The number of rotatable bonds is 7. The molecule has 0 saturated carbocycles. The largest absolute Gasteiger partial charge is 0.497 e. The smallest absolute Gasteiger partial charge is 0.119 e. The van der Waals surface area contributed by atoms with Gasteiger partial charge in [0.15, 0.2) is 0 Å². The Morgan fingerprint density at radius 3 is 2.26 bits per heavy atom. The highest BCUT2D eigenvalue weighted by molar-refractivity contribution is 6.07. The van der Waals surface area contributed by atoms with Crippen LogP contribution in [0.3, 0.4) is 0 Å². The summed E-state index contributed by atoms with van der Waals surface area (Å²) in [5.41, 5.74) is 3.45. The van der Waals surface area contributed by atoms with E-state index in [0.717, 1.165) is 22.3 Å². The molecule has 0 aliphatic carbocycles. The molecular weight excluding hydrogens is 336 g/mol. The Morgan fingerprint density at radius 1 is 0.926 bits per heavy atom. The van der Waals surface area contributed by atoms with Crippen molar-refractivity contribution < 1.29 is 9.84 Å². The lowest BCUT2D eigenvalue weighted by Gasteiger charge is -2.15. The summed E-state index contributed by atoms with van der Waals surface area (Å²) < 4.78 is 7.46. The average Bonchev–Trinajstić information content (AvgIpc) is 3.02. The minimum absolute atomic E-state index is 0.477. The van der Waals surface area contributed by atoms with E-state index in [2.05, 4.69) is 52.3 Å². The summed E-state index contributed by atoms with van der Waals surface area (Å²) in [5, 5.41) is 16.4. The van der Waals surface area contributed by atoms with Crippen LogP contribution in [0.25, 0.3) is 21.8 Å². The molecule has 0 fully saturated rings. The molecule has 27 heavy (non-hydrogen) atoms. The van der Waals surface area contributed by atoms with Crippen molar-refractivity contribution in [3.63, 3.8) is 0 Å². The predicted molar refractivity (Wildman–Crippen MR) is 110 cm³/mol. The molecule has 0 spiro atoms. The molecule has 1 atom stereocenters. The Labute approximate surface area is 159 Å². The van der Waals surface area contributed by atoms with Crippen LogP contribution in [0.1, 0.15) is 5.56 Å². The molecule has 0 bridgehead atoms. The molecule has 0 aliphatic rings. The normalized spacial score (nSPS) is 12.5. The summed E-state index contributed by atoms with van der Waals surface area (Å²) in [5.74, 6) is 0.847. The van der Waals surface area contributed by atoms with Crippen molar-refractivity contribution in [3.8, 4) is 5.75 Å². The fourth-order valence-corrected chi connectivity index (χ4v) is 3.64. The third kappa shape index (κ3) is 3.68. The van der Waals surface area contributed by atoms with E-state index < -0.39 is 6.10 Å². The first-order valence-electron chi connectivity index (χ1n) is 9.24. The van der Waals surface area contributed by atoms with Gasteiger partial charge in [-0.15, -0.1) is 0 Å². The third-order valence-corrected chi connectivity index (χ3v) is 4.92. The van der Waals surface area contributed by atoms with Crippen molar-refractivity contribution in [1.29, 1.82) is 0 Å². The van der Waals surface area contributed by atoms with E-state index in [-0.39, 0.29) is 0 Å². The van der Waals surface area contributed by atoms with Gasteiger partial charge in [-0.1, -0.05) is 48.5 Å². The number of fused-ring (bicyclic) bond motifs is 3. The van der Waals surface area contributed by atoms with Gasteiger partial charge in [0.2, 0.25) is 0 Å². The van der Waals surface area contributed by atoms with Gasteiger partial charge in [-0.2, -0.15) is 0 Å². The minimum Gasteiger partial charge on any atom is -0.497 e. The van der Waals surface area contributed by atoms with Gasteiger partial charge < -0.3 is 19.7 Å². The van der Waals surface area contributed by atoms with Crippen LogP contribution in [0.15, 0.2) is 72.8 Å². The van der Waals surface area contributed by atoms with Crippen LogP contribution in [0.4, 0.5) is 0 Å². The van der Waals surface area contributed by atoms with Crippen LogP contribution in [-0.4, -0.2) is 29.4 Å². The summed E-state index contributed by atoms with van der Waals surface area (Å²) >= 11 is 0. The van der Waals surface area contributed by atoms with Gasteiger partial charge >= 0.3 is 0 Å². The number of nitrogens with zero attached hydrogens (tertiary/aromatic N) is 1. The van der Waals surface area contributed by atoms with Gasteiger partial charge in [-0.25, -0.2) is 0 Å². The van der Waals surface area contributed by atoms with Crippen LogP contribution in [0.2, 0.25) is 0 Å². The number of para-hydroxylation sites is 2. The maximum atomic E-state index is 10.6. The van der Waals surface area contributed by atoms with Crippen molar-refractivity contribution in [1.82, 2.24) is 9.88 Å². The molecule has 0 saturated heterocycles. The molecule has 1 unspecified atom stereocenters. The van der Waals surface area contributed by atoms with Crippen LogP contribution >= 0.6 is 0 Å². The molecule has 2 N–H and O–H groups in total. The summed E-state index contributed by atoms with van der Waals surface area (Å²) in [4.78, 5) is 0.